The fourth-order valence-electron chi connectivity index (χ4n) is 1.40. The van der Waals surface area contributed by atoms with E-state index in [2.05, 4.69) is 4.98 Å². The largest absolute Gasteiger partial charge is 0.480 e. The summed E-state index contributed by atoms with van der Waals surface area (Å²) in [5.74, 6) is -1.99. The summed E-state index contributed by atoms with van der Waals surface area (Å²) < 4.78 is 0. The molecule has 1 aromatic heterocycles. The predicted molar refractivity (Wildman–Crippen MR) is 65.1 cm³/mol. The van der Waals surface area contributed by atoms with Crippen LogP contribution in [0.15, 0.2) is 12.3 Å². The van der Waals surface area contributed by atoms with Gasteiger partial charge in [0.25, 0.3) is 11.6 Å². The summed E-state index contributed by atoms with van der Waals surface area (Å²) in [7, 11) is 0. The Morgan fingerprint density at radius 1 is 1.58 bits per heavy atom. The Kier molecular flexibility index (Phi) is 4.76. The zero-order valence-corrected chi connectivity index (χ0v) is 10.6. The van der Waals surface area contributed by atoms with E-state index in [1.807, 2.05) is 0 Å². The zero-order valence-electron chi connectivity index (χ0n) is 9.87. The van der Waals surface area contributed by atoms with Crippen LogP contribution in [0.3, 0.4) is 0 Å². The average molecular weight is 288 g/mol. The second-order valence-electron chi connectivity index (χ2n) is 3.49. The number of aromatic nitrogens is 1. The number of carbonyl (C=O) groups excluding carboxylic acids is 1. The molecule has 1 N–H and O–H groups in total. The van der Waals surface area contributed by atoms with Crippen LogP contribution >= 0.6 is 11.6 Å². The number of carbonyl (C=O) groups is 2. The number of carboxylic acids is 1. The van der Waals surface area contributed by atoms with Gasteiger partial charge in [-0.2, -0.15) is 0 Å². The van der Waals surface area contributed by atoms with Gasteiger partial charge in [-0.3, -0.25) is 19.7 Å². The Morgan fingerprint density at radius 3 is 2.68 bits per heavy atom. The lowest BCUT2D eigenvalue weighted by Crippen LogP contribution is -2.35. The van der Waals surface area contributed by atoms with Crippen molar-refractivity contribution < 1.29 is 19.6 Å². The van der Waals surface area contributed by atoms with Crippen LogP contribution < -0.4 is 0 Å². The molecule has 1 rings (SSSR count). The molecule has 8 nitrogen and oxygen atoms in total. The molecule has 1 aromatic rings. The molecule has 1 heterocycles. The van der Waals surface area contributed by atoms with Crippen molar-refractivity contribution >= 4 is 29.2 Å². The van der Waals surface area contributed by atoms with Crippen molar-refractivity contribution in [2.75, 3.05) is 13.1 Å². The number of rotatable bonds is 5. The Bertz CT molecular complexity index is 534. The van der Waals surface area contributed by atoms with Crippen molar-refractivity contribution in [2.45, 2.75) is 6.92 Å². The van der Waals surface area contributed by atoms with E-state index in [1.54, 1.807) is 6.92 Å². The van der Waals surface area contributed by atoms with Crippen molar-refractivity contribution in [1.82, 2.24) is 9.88 Å². The second kappa shape index (κ2) is 6.10. The topological polar surface area (TPSA) is 114 Å². The first-order chi connectivity index (χ1) is 8.86. The number of pyridine rings is 1. The van der Waals surface area contributed by atoms with E-state index in [4.69, 9.17) is 16.7 Å². The quantitative estimate of drug-likeness (QED) is 0.494. The number of likely N-dealkylation sites (N-methyl/N-ethyl adjacent to an activating group) is 1. The predicted octanol–water partition coefficient (Wildman–Crippen LogP) is 1.19. The molecule has 0 saturated heterocycles. The summed E-state index contributed by atoms with van der Waals surface area (Å²) in [5, 5.41) is 19.4. The monoisotopic (exact) mass is 287 g/mol. The Balaban J connectivity index is 3.19. The van der Waals surface area contributed by atoms with E-state index in [9.17, 15) is 19.7 Å². The molecule has 0 unspecified atom stereocenters. The molecule has 0 aliphatic rings. The molecule has 9 heteroatoms. The van der Waals surface area contributed by atoms with E-state index in [1.165, 1.54) is 0 Å². The Hall–Kier alpha value is -2.22. The van der Waals surface area contributed by atoms with Crippen molar-refractivity contribution in [2.24, 2.45) is 0 Å². The van der Waals surface area contributed by atoms with Crippen LogP contribution in [-0.4, -0.2) is 44.9 Å². The summed E-state index contributed by atoms with van der Waals surface area (Å²) in [6.07, 6.45) is 0.865. The van der Waals surface area contributed by atoms with Gasteiger partial charge in [0, 0.05) is 6.54 Å². The number of halogens is 1. The summed E-state index contributed by atoms with van der Waals surface area (Å²) in [6.45, 7) is 1.12. The smallest absolute Gasteiger partial charge is 0.323 e. The number of hydrogen-bond donors (Lipinski definition) is 1. The van der Waals surface area contributed by atoms with E-state index in [-0.39, 0.29) is 17.3 Å². The van der Waals surface area contributed by atoms with Gasteiger partial charge >= 0.3 is 5.97 Å². The SMILES string of the molecule is CCN(CC(=O)O)C(=O)c1cc(Cl)ncc1[N+](=O)[O-]. The van der Waals surface area contributed by atoms with E-state index < -0.39 is 29.0 Å². The molecule has 19 heavy (non-hydrogen) atoms. The number of carboxylic acid groups (broad SMARTS) is 1. The highest BCUT2D eigenvalue weighted by Gasteiger charge is 2.26. The van der Waals surface area contributed by atoms with Crippen molar-refractivity contribution in [3.8, 4) is 0 Å². The van der Waals surface area contributed by atoms with Crippen LogP contribution in [-0.2, 0) is 4.79 Å². The lowest BCUT2D eigenvalue weighted by atomic mass is 10.2. The van der Waals surface area contributed by atoms with Gasteiger partial charge < -0.3 is 10.0 Å². The summed E-state index contributed by atoms with van der Waals surface area (Å²) in [4.78, 5) is 37.2. The maximum absolute atomic E-state index is 12.1. The van der Waals surface area contributed by atoms with Gasteiger partial charge in [-0.1, -0.05) is 11.6 Å². The molecular weight excluding hydrogens is 278 g/mol. The fraction of sp³-hybridized carbons (Fsp3) is 0.300. The van der Waals surface area contributed by atoms with Gasteiger partial charge in [-0.05, 0) is 13.0 Å². The van der Waals surface area contributed by atoms with Crippen LogP contribution in [0.1, 0.15) is 17.3 Å². The van der Waals surface area contributed by atoms with Gasteiger partial charge in [0.1, 0.15) is 23.5 Å². The third kappa shape index (κ3) is 3.62. The first-order valence-electron chi connectivity index (χ1n) is 5.17. The number of aliphatic carboxylic acids is 1. The maximum Gasteiger partial charge on any atom is 0.323 e. The zero-order chi connectivity index (χ0) is 14.6. The molecule has 0 aromatic carbocycles. The highest BCUT2D eigenvalue weighted by Crippen LogP contribution is 2.21. The number of amides is 1. The molecule has 1 amide bonds. The Labute approximate surface area is 112 Å². The normalized spacial score (nSPS) is 10.0. The fourth-order valence-corrected chi connectivity index (χ4v) is 1.56. The van der Waals surface area contributed by atoms with Crippen LogP contribution in [0.25, 0.3) is 0 Å². The lowest BCUT2D eigenvalue weighted by molar-refractivity contribution is -0.385. The standard InChI is InChI=1S/C10H10ClN3O5/c1-2-13(5-9(15)16)10(17)6-3-8(11)12-4-7(6)14(18)19/h3-4H,2,5H2,1H3,(H,15,16). The molecular formula is C10H10ClN3O5. The molecule has 0 spiro atoms. The summed E-state index contributed by atoms with van der Waals surface area (Å²) in [6, 6.07) is 1.05. The highest BCUT2D eigenvalue weighted by atomic mass is 35.5. The van der Waals surface area contributed by atoms with Crippen molar-refractivity contribution in [3.63, 3.8) is 0 Å². The number of hydrogen-bond acceptors (Lipinski definition) is 5. The van der Waals surface area contributed by atoms with Crippen LogP contribution in [0.2, 0.25) is 5.15 Å². The third-order valence-corrected chi connectivity index (χ3v) is 2.48. The Morgan fingerprint density at radius 2 is 2.21 bits per heavy atom. The summed E-state index contributed by atoms with van der Waals surface area (Å²) >= 11 is 5.60. The van der Waals surface area contributed by atoms with E-state index in [0.717, 1.165) is 17.2 Å². The first-order valence-corrected chi connectivity index (χ1v) is 5.55. The maximum atomic E-state index is 12.1. The van der Waals surface area contributed by atoms with Gasteiger partial charge in [-0.25, -0.2) is 4.98 Å². The van der Waals surface area contributed by atoms with Crippen LogP contribution in [0.5, 0.6) is 0 Å². The highest BCUT2D eigenvalue weighted by molar-refractivity contribution is 6.29. The molecule has 0 atom stereocenters. The van der Waals surface area contributed by atoms with E-state index >= 15 is 0 Å². The number of nitro groups is 1. The van der Waals surface area contributed by atoms with Gasteiger partial charge in [-0.15, -0.1) is 0 Å². The van der Waals surface area contributed by atoms with Gasteiger partial charge in [0.15, 0.2) is 0 Å². The first kappa shape index (κ1) is 14.8. The molecule has 0 fully saturated rings. The minimum Gasteiger partial charge on any atom is -0.480 e. The molecule has 102 valence electrons. The van der Waals surface area contributed by atoms with Gasteiger partial charge in [0.05, 0.1) is 4.92 Å². The summed E-state index contributed by atoms with van der Waals surface area (Å²) in [5.41, 5.74) is -0.800. The van der Waals surface area contributed by atoms with E-state index in [0.29, 0.717) is 0 Å². The molecule has 0 radical (unpaired) electrons. The molecule has 0 saturated carbocycles. The van der Waals surface area contributed by atoms with Crippen LogP contribution in [0, 0.1) is 10.1 Å². The number of nitrogens with zero attached hydrogens (tertiary/aromatic N) is 3. The molecule has 0 aliphatic carbocycles. The van der Waals surface area contributed by atoms with Crippen LogP contribution in [0.4, 0.5) is 5.69 Å². The van der Waals surface area contributed by atoms with Crippen molar-refractivity contribution in [1.29, 1.82) is 0 Å². The molecule has 0 bridgehead atoms. The minimum atomic E-state index is -1.21. The van der Waals surface area contributed by atoms with Gasteiger partial charge in [0.2, 0.25) is 0 Å². The average Bonchev–Trinajstić information content (AvgIpc) is 2.34. The van der Waals surface area contributed by atoms with Crippen molar-refractivity contribution in [3.05, 3.63) is 33.1 Å². The molecule has 0 aliphatic heterocycles. The lowest BCUT2D eigenvalue weighted by Gasteiger charge is -2.18. The third-order valence-electron chi connectivity index (χ3n) is 2.27. The minimum absolute atomic E-state index is 0.0830. The second-order valence-corrected chi connectivity index (χ2v) is 3.88.